The molecular formula is C4H8INO2. The Bertz CT molecular complexity index is 76.4. The van der Waals surface area contributed by atoms with Gasteiger partial charge in [-0.3, -0.25) is 8.32 Å². The molecule has 0 aromatic heterocycles. The first kappa shape index (κ1) is 8.16. The van der Waals surface area contributed by atoms with Gasteiger partial charge in [0.05, 0.1) is 0 Å². The molecule has 0 spiro atoms. The number of carboxylic acid groups (broad SMARTS) is 1. The summed E-state index contributed by atoms with van der Waals surface area (Å²) < 4.78 is 2.83. The van der Waals surface area contributed by atoms with Crippen LogP contribution in [0.25, 0.3) is 0 Å². The van der Waals surface area contributed by atoms with E-state index in [1.165, 1.54) is 0 Å². The van der Waals surface area contributed by atoms with Crippen molar-refractivity contribution in [3.8, 4) is 0 Å². The Kier molecular flexibility index (Phi) is 5.41. The smallest absolute Gasteiger partial charge is 0.303 e. The van der Waals surface area contributed by atoms with E-state index in [-0.39, 0.29) is 6.42 Å². The van der Waals surface area contributed by atoms with E-state index in [1.807, 2.05) is 22.9 Å². The van der Waals surface area contributed by atoms with Crippen molar-refractivity contribution in [1.82, 2.24) is 3.53 Å². The highest BCUT2D eigenvalue weighted by molar-refractivity contribution is 14.1. The van der Waals surface area contributed by atoms with Crippen molar-refractivity contribution < 1.29 is 9.90 Å². The monoisotopic (exact) mass is 229 g/mol. The van der Waals surface area contributed by atoms with Crippen LogP contribution < -0.4 is 3.53 Å². The summed E-state index contributed by atoms with van der Waals surface area (Å²) in [7, 11) is 0. The zero-order valence-electron chi connectivity index (χ0n) is 4.35. The summed E-state index contributed by atoms with van der Waals surface area (Å²) in [5.41, 5.74) is 0. The second-order valence-corrected chi connectivity index (χ2v) is 2.14. The van der Waals surface area contributed by atoms with Gasteiger partial charge in [-0.25, -0.2) is 0 Å². The number of halogens is 1. The summed E-state index contributed by atoms with van der Waals surface area (Å²) in [6, 6.07) is 0. The molecule has 0 atom stereocenters. The predicted octanol–water partition coefficient (Wildman–Crippen LogP) is 0.791. The van der Waals surface area contributed by atoms with Crippen molar-refractivity contribution in [3.05, 3.63) is 0 Å². The average molecular weight is 229 g/mol. The van der Waals surface area contributed by atoms with Crippen LogP contribution in [0.4, 0.5) is 0 Å². The fourth-order valence-corrected chi connectivity index (χ4v) is 0.688. The number of carbonyl (C=O) groups is 1. The van der Waals surface area contributed by atoms with Crippen molar-refractivity contribution in [2.24, 2.45) is 0 Å². The number of hydrogen-bond acceptors (Lipinski definition) is 2. The molecule has 4 heteroatoms. The number of carboxylic acids is 1. The summed E-state index contributed by atoms with van der Waals surface area (Å²) in [6.07, 6.45) is 0.967. The summed E-state index contributed by atoms with van der Waals surface area (Å²) >= 11 is 1.99. The highest BCUT2D eigenvalue weighted by atomic mass is 127. The van der Waals surface area contributed by atoms with Crippen molar-refractivity contribution in [1.29, 1.82) is 0 Å². The van der Waals surface area contributed by atoms with Crippen LogP contribution in [0.2, 0.25) is 0 Å². The first-order valence-corrected chi connectivity index (χ1v) is 3.40. The minimum atomic E-state index is -0.725. The van der Waals surface area contributed by atoms with E-state index in [0.29, 0.717) is 6.42 Å². The van der Waals surface area contributed by atoms with Gasteiger partial charge in [-0.15, -0.1) is 0 Å². The Morgan fingerprint density at radius 2 is 2.38 bits per heavy atom. The van der Waals surface area contributed by atoms with Gasteiger partial charge >= 0.3 is 5.97 Å². The topological polar surface area (TPSA) is 49.3 Å². The Labute approximate surface area is 62.0 Å². The zero-order valence-corrected chi connectivity index (χ0v) is 6.51. The highest BCUT2D eigenvalue weighted by Gasteiger charge is 1.92. The van der Waals surface area contributed by atoms with Crippen LogP contribution in [0.5, 0.6) is 0 Å². The highest BCUT2D eigenvalue weighted by Crippen LogP contribution is 1.86. The molecule has 0 rings (SSSR count). The van der Waals surface area contributed by atoms with Gasteiger partial charge in [-0.2, -0.15) is 0 Å². The van der Waals surface area contributed by atoms with E-state index in [4.69, 9.17) is 5.11 Å². The van der Waals surface area contributed by atoms with E-state index in [9.17, 15) is 4.79 Å². The number of nitrogens with one attached hydrogen (secondary N) is 1. The largest absolute Gasteiger partial charge is 0.481 e. The van der Waals surface area contributed by atoms with Gasteiger partial charge in [0.2, 0.25) is 0 Å². The van der Waals surface area contributed by atoms with Crippen molar-refractivity contribution in [2.75, 3.05) is 6.54 Å². The molecule has 0 aromatic carbocycles. The van der Waals surface area contributed by atoms with Gasteiger partial charge in [0.15, 0.2) is 0 Å². The molecule has 0 unspecified atom stereocenters. The van der Waals surface area contributed by atoms with Crippen LogP contribution in [0.1, 0.15) is 12.8 Å². The lowest BCUT2D eigenvalue weighted by molar-refractivity contribution is -0.137. The Balaban J connectivity index is 2.82. The van der Waals surface area contributed by atoms with Gasteiger partial charge in [0.25, 0.3) is 0 Å². The van der Waals surface area contributed by atoms with Gasteiger partial charge < -0.3 is 5.11 Å². The van der Waals surface area contributed by atoms with Crippen LogP contribution in [0.3, 0.4) is 0 Å². The molecule has 0 heterocycles. The Morgan fingerprint density at radius 1 is 1.75 bits per heavy atom. The standard InChI is InChI=1S/C4H8INO2/c5-6-3-1-2-4(7)8/h6H,1-3H2,(H,7,8). The molecule has 0 amide bonds. The normalized spacial score (nSPS) is 9.12. The van der Waals surface area contributed by atoms with Gasteiger partial charge in [-0.1, -0.05) is 0 Å². The molecule has 0 aliphatic carbocycles. The molecule has 0 bridgehead atoms. The molecule has 0 radical (unpaired) electrons. The van der Waals surface area contributed by atoms with Crippen LogP contribution in [-0.4, -0.2) is 17.6 Å². The summed E-state index contributed by atoms with van der Waals surface area (Å²) in [6.45, 7) is 0.771. The maximum absolute atomic E-state index is 9.84. The molecule has 3 nitrogen and oxygen atoms in total. The third-order valence-electron chi connectivity index (χ3n) is 0.662. The van der Waals surface area contributed by atoms with Gasteiger partial charge in [-0.05, 0) is 6.42 Å². The van der Waals surface area contributed by atoms with Crippen LogP contribution in [0, 0.1) is 0 Å². The quantitative estimate of drug-likeness (QED) is 0.425. The zero-order chi connectivity index (χ0) is 6.41. The fraction of sp³-hybridized carbons (Fsp3) is 0.750. The van der Waals surface area contributed by atoms with E-state index < -0.39 is 5.97 Å². The molecule has 0 saturated carbocycles. The van der Waals surface area contributed by atoms with Crippen LogP contribution in [-0.2, 0) is 4.79 Å². The second kappa shape index (κ2) is 5.30. The molecular weight excluding hydrogens is 221 g/mol. The predicted molar refractivity (Wildman–Crippen MR) is 38.9 cm³/mol. The summed E-state index contributed by atoms with van der Waals surface area (Å²) in [4.78, 5) is 9.84. The van der Waals surface area contributed by atoms with Crippen molar-refractivity contribution >= 4 is 28.8 Å². The van der Waals surface area contributed by atoms with Crippen molar-refractivity contribution in [2.45, 2.75) is 12.8 Å². The first-order chi connectivity index (χ1) is 3.77. The lowest BCUT2D eigenvalue weighted by atomic mass is 10.3. The Hall–Kier alpha value is 0.160. The SMILES string of the molecule is O=C(O)CCCNI. The number of hydrogen-bond donors (Lipinski definition) is 2. The molecule has 0 aromatic rings. The molecule has 48 valence electrons. The second-order valence-electron chi connectivity index (χ2n) is 1.38. The van der Waals surface area contributed by atoms with Gasteiger partial charge in [0, 0.05) is 35.8 Å². The van der Waals surface area contributed by atoms with Crippen LogP contribution >= 0.6 is 22.9 Å². The number of rotatable bonds is 4. The third-order valence-corrected chi connectivity index (χ3v) is 1.20. The Morgan fingerprint density at radius 3 is 2.75 bits per heavy atom. The van der Waals surface area contributed by atoms with Gasteiger partial charge in [0.1, 0.15) is 0 Å². The summed E-state index contributed by atoms with van der Waals surface area (Å²) in [5.74, 6) is -0.725. The molecule has 8 heavy (non-hydrogen) atoms. The molecule has 0 aliphatic rings. The summed E-state index contributed by atoms with van der Waals surface area (Å²) in [5, 5.41) is 8.11. The maximum atomic E-state index is 9.84. The van der Waals surface area contributed by atoms with Crippen molar-refractivity contribution in [3.63, 3.8) is 0 Å². The maximum Gasteiger partial charge on any atom is 0.303 e. The third kappa shape index (κ3) is 6.16. The first-order valence-electron chi connectivity index (χ1n) is 2.32. The van der Waals surface area contributed by atoms with E-state index in [1.54, 1.807) is 0 Å². The van der Waals surface area contributed by atoms with E-state index >= 15 is 0 Å². The lowest BCUT2D eigenvalue weighted by Crippen LogP contribution is -2.03. The molecule has 0 saturated heterocycles. The van der Waals surface area contributed by atoms with Crippen LogP contribution in [0.15, 0.2) is 0 Å². The lowest BCUT2D eigenvalue weighted by Gasteiger charge is -1.90. The number of aliphatic carboxylic acids is 1. The molecule has 0 fully saturated rings. The molecule has 2 N–H and O–H groups in total. The average Bonchev–Trinajstić information content (AvgIpc) is 1.66. The molecule has 0 aliphatic heterocycles. The fourth-order valence-electron chi connectivity index (χ4n) is 0.306. The van der Waals surface area contributed by atoms with E-state index in [0.717, 1.165) is 6.54 Å². The van der Waals surface area contributed by atoms with E-state index in [2.05, 4.69) is 3.53 Å². The minimum absolute atomic E-state index is 0.260. The minimum Gasteiger partial charge on any atom is -0.481 e.